The summed E-state index contributed by atoms with van der Waals surface area (Å²) in [6.07, 6.45) is 0.426. The molecule has 1 aromatic rings. The van der Waals surface area contributed by atoms with Gasteiger partial charge in [0, 0.05) is 6.54 Å². The predicted octanol–water partition coefficient (Wildman–Crippen LogP) is 0.826. The number of imide groups is 1. The summed E-state index contributed by atoms with van der Waals surface area (Å²) in [6.45, 7) is 0.626. The summed E-state index contributed by atoms with van der Waals surface area (Å²) in [5.41, 5.74) is -0.964. The van der Waals surface area contributed by atoms with Crippen molar-refractivity contribution in [1.82, 2.24) is 15.5 Å². The summed E-state index contributed by atoms with van der Waals surface area (Å²) in [5.74, 6) is -0.528. The van der Waals surface area contributed by atoms with Crippen LogP contribution in [0.25, 0.3) is 0 Å². The van der Waals surface area contributed by atoms with Gasteiger partial charge in [0.15, 0.2) is 0 Å². The largest absolute Gasteiger partial charge is 0.335 e. The van der Waals surface area contributed by atoms with Gasteiger partial charge in [0.1, 0.15) is 5.54 Å². The van der Waals surface area contributed by atoms with Crippen LogP contribution in [-0.4, -0.2) is 41.4 Å². The average molecular weight is 300 g/mol. The monoisotopic (exact) mass is 299 g/mol. The van der Waals surface area contributed by atoms with Gasteiger partial charge in [-0.25, -0.2) is 4.79 Å². The fourth-order valence-electron chi connectivity index (χ4n) is 2.38. The third kappa shape index (κ3) is 1.98. The van der Waals surface area contributed by atoms with Gasteiger partial charge in [-0.1, -0.05) is 11.6 Å². The Morgan fingerprint density at radius 2 is 2.21 bits per heavy atom. The quantitative estimate of drug-likeness (QED) is 0.754. The van der Waals surface area contributed by atoms with Gasteiger partial charge in [-0.2, -0.15) is 0 Å². The van der Waals surface area contributed by atoms with Crippen LogP contribution in [0, 0.1) is 0 Å². The van der Waals surface area contributed by atoms with E-state index in [0.29, 0.717) is 22.2 Å². The van der Waals surface area contributed by atoms with E-state index in [1.54, 1.807) is 17.0 Å². The van der Waals surface area contributed by atoms with Crippen LogP contribution in [0.1, 0.15) is 16.1 Å². The summed E-state index contributed by atoms with van der Waals surface area (Å²) in [4.78, 5) is 37.3. The van der Waals surface area contributed by atoms with Crippen molar-refractivity contribution in [3.05, 3.63) is 21.3 Å². The van der Waals surface area contributed by atoms with E-state index in [9.17, 15) is 14.4 Å². The number of likely N-dealkylation sites (tertiary alicyclic amines) is 1. The summed E-state index contributed by atoms with van der Waals surface area (Å²) in [5, 5.41) is 4.81. The minimum atomic E-state index is -0.964. The Morgan fingerprint density at radius 3 is 2.79 bits per heavy atom. The fraction of sp³-hybridized carbons (Fsp3) is 0.364. The summed E-state index contributed by atoms with van der Waals surface area (Å²) >= 11 is 7.00. The maximum atomic E-state index is 12.2. The highest BCUT2D eigenvalue weighted by molar-refractivity contribution is 7.17. The van der Waals surface area contributed by atoms with Crippen LogP contribution in [0.5, 0.6) is 0 Å². The van der Waals surface area contributed by atoms with Gasteiger partial charge in [0.25, 0.3) is 11.8 Å². The lowest BCUT2D eigenvalue weighted by molar-refractivity contribution is -0.123. The van der Waals surface area contributed by atoms with Crippen LogP contribution >= 0.6 is 22.9 Å². The zero-order valence-electron chi connectivity index (χ0n) is 9.73. The van der Waals surface area contributed by atoms with Gasteiger partial charge in [-0.3, -0.25) is 14.9 Å². The number of hydrogen-bond acceptors (Lipinski definition) is 4. The zero-order chi connectivity index (χ0) is 13.6. The van der Waals surface area contributed by atoms with Crippen LogP contribution in [0.2, 0.25) is 4.34 Å². The first kappa shape index (κ1) is 12.4. The van der Waals surface area contributed by atoms with Crippen molar-refractivity contribution in [2.45, 2.75) is 12.0 Å². The predicted molar refractivity (Wildman–Crippen MR) is 69.3 cm³/mol. The molecule has 2 aliphatic heterocycles. The van der Waals surface area contributed by atoms with Crippen molar-refractivity contribution in [1.29, 1.82) is 0 Å². The molecule has 1 spiro atoms. The molecule has 2 N–H and O–H groups in total. The highest BCUT2D eigenvalue weighted by Gasteiger charge is 2.51. The zero-order valence-corrected chi connectivity index (χ0v) is 11.3. The summed E-state index contributed by atoms with van der Waals surface area (Å²) in [7, 11) is 0. The molecule has 2 aliphatic rings. The van der Waals surface area contributed by atoms with Crippen LogP contribution in [0.15, 0.2) is 12.1 Å². The molecule has 0 aliphatic carbocycles. The Morgan fingerprint density at radius 1 is 1.42 bits per heavy atom. The molecule has 3 heterocycles. The van der Waals surface area contributed by atoms with Crippen molar-refractivity contribution in [3.8, 4) is 0 Å². The van der Waals surface area contributed by atoms with E-state index < -0.39 is 11.6 Å². The Kier molecular flexibility index (Phi) is 2.75. The minimum absolute atomic E-state index is 0.164. The molecule has 3 rings (SSSR count). The number of hydrogen-bond donors (Lipinski definition) is 2. The number of amides is 4. The van der Waals surface area contributed by atoms with E-state index >= 15 is 0 Å². The molecule has 1 unspecified atom stereocenters. The summed E-state index contributed by atoms with van der Waals surface area (Å²) in [6, 6.07) is 2.82. The van der Waals surface area contributed by atoms with Gasteiger partial charge in [-0.05, 0) is 18.6 Å². The number of urea groups is 1. The molecule has 0 saturated carbocycles. The van der Waals surface area contributed by atoms with Crippen molar-refractivity contribution >= 4 is 40.8 Å². The van der Waals surface area contributed by atoms with E-state index in [4.69, 9.17) is 11.6 Å². The third-order valence-corrected chi connectivity index (χ3v) is 4.57. The van der Waals surface area contributed by atoms with Gasteiger partial charge >= 0.3 is 6.03 Å². The topological polar surface area (TPSA) is 78.5 Å². The minimum Gasteiger partial charge on any atom is -0.335 e. The maximum Gasteiger partial charge on any atom is 0.322 e. The van der Waals surface area contributed by atoms with E-state index in [1.165, 1.54) is 11.3 Å². The lowest BCUT2D eigenvalue weighted by Gasteiger charge is -2.20. The van der Waals surface area contributed by atoms with Crippen LogP contribution in [0.3, 0.4) is 0 Å². The first-order valence-electron chi connectivity index (χ1n) is 5.68. The van der Waals surface area contributed by atoms with E-state index in [-0.39, 0.29) is 18.4 Å². The van der Waals surface area contributed by atoms with Gasteiger partial charge < -0.3 is 10.2 Å². The van der Waals surface area contributed by atoms with E-state index in [0.717, 1.165) is 0 Å². The molecule has 19 heavy (non-hydrogen) atoms. The smallest absolute Gasteiger partial charge is 0.322 e. The standard InChI is InChI=1S/C11H10ClN3O3S/c12-7-2-1-6(19-7)8(16)15-4-3-11(5-15)9(17)13-10(18)14-11/h1-2H,3-5H2,(H2,13,14,17,18). The molecule has 2 fully saturated rings. The molecule has 0 aromatic carbocycles. The van der Waals surface area contributed by atoms with E-state index in [2.05, 4.69) is 10.6 Å². The normalized spacial score (nSPS) is 25.8. The van der Waals surface area contributed by atoms with Crippen molar-refractivity contribution in [3.63, 3.8) is 0 Å². The first-order chi connectivity index (χ1) is 9.00. The highest BCUT2D eigenvalue weighted by atomic mass is 35.5. The Bertz CT molecular complexity index is 587. The maximum absolute atomic E-state index is 12.2. The number of rotatable bonds is 1. The van der Waals surface area contributed by atoms with Gasteiger partial charge in [0.05, 0.1) is 15.8 Å². The highest BCUT2D eigenvalue weighted by Crippen LogP contribution is 2.28. The molecule has 6 nitrogen and oxygen atoms in total. The molecular formula is C11H10ClN3O3S. The van der Waals surface area contributed by atoms with Gasteiger partial charge in [-0.15, -0.1) is 11.3 Å². The fourth-order valence-corrected chi connectivity index (χ4v) is 3.39. The molecule has 4 amide bonds. The molecule has 100 valence electrons. The van der Waals surface area contributed by atoms with E-state index in [1.807, 2.05) is 0 Å². The average Bonchev–Trinajstić information content (AvgIpc) is 3.01. The van der Waals surface area contributed by atoms with Crippen molar-refractivity contribution < 1.29 is 14.4 Å². The molecule has 0 bridgehead atoms. The number of halogens is 1. The lowest BCUT2D eigenvalue weighted by atomic mass is 10.00. The summed E-state index contributed by atoms with van der Waals surface area (Å²) < 4.78 is 0.546. The Balaban J connectivity index is 1.78. The lowest BCUT2D eigenvalue weighted by Crippen LogP contribution is -2.49. The number of thiophene rings is 1. The molecule has 0 radical (unpaired) electrons. The molecular weight excluding hydrogens is 290 g/mol. The molecule has 8 heteroatoms. The number of nitrogens with zero attached hydrogens (tertiary/aromatic N) is 1. The molecule has 1 aromatic heterocycles. The number of carbonyl (C=O) groups excluding carboxylic acids is 3. The second kappa shape index (κ2) is 4.21. The van der Waals surface area contributed by atoms with Crippen LogP contribution in [0.4, 0.5) is 4.79 Å². The Hall–Kier alpha value is -1.60. The second-order valence-corrected chi connectivity index (χ2v) is 6.29. The molecule has 2 saturated heterocycles. The van der Waals surface area contributed by atoms with Crippen LogP contribution < -0.4 is 10.6 Å². The van der Waals surface area contributed by atoms with Crippen LogP contribution in [-0.2, 0) is 4.79 Å². The number of nitrogens with one attached hydrogen (secondary N) is 2. The third-order valence-electron chi connectivity index (χ3n) is 3.35. The first-order valence-corrected chi connectivity index (χ1v) is 6.88. The number of carbonyl (C=O) groups is 3. The van der Waals surface area contributed by atoms with Crippen molar-refractivity contribution in [2.24, 2.45) is 0 Å². The van der Waals surface area contributed by atoms with Crippen molar-refractivity contribution in [2.75, 3.05) is 13.1 Å². The second-order valence-electron chi connectivity index (χ2n) is 4.57. The molecule has 1 atom stereocenters. The Labute approximate surface area is 117 Å². The van der Waals surface area contributed by atoms with Gasteiger partial charge in [0.2, 0.25) is 0 Å². The SMILES string of the molecule is O=C1NC(=O)C2(CCN(C(=O)c3ccc(Cl)s3)C2)N1.